The normalized spacial score (nSPS) is 9.62. The summed E-state index contributed by atoms with van der Waals surface area (Å²) < 4.78 is 0. The average molecular weight is 218 g/mol. The number of aryl methyl sites for hydroxylation is 1. The molecule has 0 radical (unpaired) electrons. The highest BCUT2D eigenvalue weighted by atomic mass is 16.2. The van der Waals surface area contributed by atoms with E-state index in [1.165, 1.54) is 11.1 Å². The molecule has 0 aliphatic rings. The van der Waals surface area contributed by atoms with Crippen LogP contribution in [0.15, 0.2) is 36.5 Å². The molecule has 0 spiro atoms. The molecule has 0 unspecified atom stereocenters. The number of hydrogen-bond donors (Lipinski definition) is 2. The molecule has 2 amide bonds. The molecule has 3 nitrogen and oxygen atoms in total. The molecule has 0 heterocycles. The smallest absolute Gasteiger partial charge is 0.318 e. The minimum absolute atomic E-state index is 0.193. The predicted octanol–water partition coefficient (Wildman–Crippen LogP) is 2.37. The van der Waals surface area contributed by atoms with Crippen molar-refractivity contribution in [1.82, 2.24) is 10.6 Å². The average Bonchev–Trinajstić information content (AvgIpc) is 2.19. The van der Waals surface area contributed by atoms with Gasteiger partial charge in [0, 0.05) is 12.2 Å². The number of rotatable bonds is 4. The van der Waals surface area contributed by atoms with E-state index in [2.05, 4.69) is 36.3 Å². The van der Waals surface area contributed by atoms with Gasteiger partial charge in [-0.05, 0) is 31.4 Å². The van der Waals surface area contributed by atoms with E-state index in [-0.39, 0.29) is 6.03 Å². The molecular weight excluding hydrogens is 200 g/mol. The lowest BCUT2D eigenvalue weighted by molar-refractivity contribution is 0.243. The van der Waals surface area contributed by atoms with Crippen LogP contribution >= 0.6 is 0 Å². The predicted molar refractivity (Wildman–Crippen MR) is 66.2 cm³/mol. The number of carbonyl (C=O) groups is 1. The van der Waals surface area contributed by atoms with Gasteiger partial charge in [0.2, 0.25) is 0 Å². The Bertz CT molecular complexity index is 385. The molecule has 0 bridgehead atoms. The minimum Gasteiger partial charge on any atom is -0.338 e. The van der Waals surface area contributed by atoms with Crippen LogP contribution < -0.4 is 10.6 Å². The number of nitrogens with one attached hydrogen (secondary N) is 2. The van der Waals surface area contributed by atoms with Gasteiger partial charge in [-0.2, -0.15) is 0 Å². The first-order chi connectivity index (χ1) is 7.59. The van der Waals surface area contributed by atoms with Crippen molar-refractivity contribution in [2.75, 3.05) is 6.54 Å². The lowest BCUT2D eigenvalue weighted by Gasteiger charge is -2.08. The molecule has 16 heavy (non-hydrogen) atoms. The molecule has 1 rings (SSSR count). The van der Waals surface area contributed by atoms with E-state index in [9.17, 15) is 4.79 Å². The number of hydrogen-bond acceptors (Lipinski definition) is 1. The summed E-state index contributed by atoms with van der Waals surface area (Å²) in [5.74, 6) is 0. The number of urea groups is 1. The van der Waals surface area contributed by atoms with Gasteiger partial charge in [0.25, 0.3) is 0 Å². The number of benzene rings is 1. The highest BCUT2D eigenvalue weighted by molar-refractivity contribution is 5.75. The van der Waals surface area contributed by atoms with Gasteiger partial charge in [0.05, 0.1) is 0 Å². The standard InChI is InChI=1S/C13H18N2O/c1-10(2)15-13(16)14-9-8-12-7-5-4-6-11(12)3/h4-7H,1,8-9H2,2-3H3,(H2,14,15,16). The van der Waals surface area contributed by atoms with Crippen LogP contribution in [-0.4, -0.2) is 12.6 Å². The van der Waals surface area contributed by atoms with Gasteiger partial charge in [0.1, 0.15) is 0 Å². The summed E-state index contributed by atoms with van der Waals surface area (Å²) in [6, 6.07) is 7.98. The van der Waals surface area contributed by atoms with E-state index in [0.29, 0.717) is 12.2 Å². The van der Waals surface area contributed by atoms with Crippen LogP contribution in [0.4, 0.5) is 4.79 Å². The SMILES string of the molecule is C=C(C)NC(=O)NCCc1ccccc1C. The zero-order valence-electron chi connectivity index (χ0n) is 9.84. The van der Waals surface area contributed by atoms with Crippen LogP contribution in [0.3, 0.4) is 0 Å². The van der Waals surface area contributed by atoms with Crippen LogP contribution in [0, 0.1) is 6.92 Å². The Kier molecular flexibility index (Phi) is 4.58. The van der Waals surface area contributed by atoms with Crippen molar-refractivity contribution in [2.24, 2.45) is 0 Å². The monoisotopic (exact) mass is 218 g/mol. The van der Waals surface area contributed by atoms with E-state index < -0.39 is 0 Å². The molecule has 0 saturated carbocycles. The molecule has 0 fully saturated rings. The van der Waals surface area contributed by atoms with E-state index in [0.717, 1.165) is 6.42 Å². The van der Waals surface area contributed by atoms with Crippen molar-refractivity contribution in [3.63, 3.8) is 0 Å². The fraction of sp³-hybridized carbons (Fsp3) is 0.308. The van der Waals surface area contributed by atoms with Crippen molar-refractivity contribution in [3.05, 3.63) is 47.7 Å². The molecule has 0 atom stereocenters. The second-order valence-corrected chi connectivity index (χ2v) is 3.84. The molecule has 3 heteroatoms. The first kappa shape index (κ1) is 12.3. The first-order valence-corrected chi connectivity index (χ1v) is 5.34. The van der Waals surface area contributed by atoms with Gasteiger partial charge in [0.15, 0.2) is 0 Å². The van der Waals surface area contributed by atoms with E-state index in [1.54, 1.807) is 6.92 Å². The summed E-state index contributed by atoms with van der Waals surface area (Å²) in [5.41, 5.74) is 3.16. The third-order valence-electron chi connectivity index (χ3n) is 2.27. The topological polar surface area (TPSA) is 41.1 Å². The summed E-state index contributed by atoms with van der Waals surface area (Å²) in [4.78, 5) is 11.2. The summed E-state index contributed by atoms with van der Waals surface area (Å²) in [5, 5.41) is 5.38. The van der Waals surface area contributed by atoms with Crippen LogP contribution in [0.2, 0.25) is 0 Å². The molecule has 0 aliphatic carbocycles. The second kappa shape index (κ2) is 5.95. The Morgan fingerprint density at radius 3 is 2.69 bits per heavy atom. The van der Waals surface area contributed by atoms with Gasteiger partial charge >= 0.3 is 6.03 Å². The molecule has 0 aromatic heterocycles. The van der Waals surface area contributed by atoms with Gasteiger partial charge in [-0.25, -0.2) is 4.79 Å². The van der Waals surface area contributed by atoms with E-state index >= 15 is 0 Å². The summed E-state index contributed by atoms with van der Waals surface area (Å²) >= 11 is 0. The van der Waals surface area contributed by atoms with E-state index in [4.69, 9.17) is 0 Å². The zero-order valence-corrected chi connectivity index (χ0v) is 9.84. The van der Waals surface area contributed by atoms with Crippen molar-refractivity contribution < 1.29 is 4.79 Å². The maximum Gasteiger partial charge on any atom is 0.318 e. The Morgan fingerprint density at radius 2 is 2.06 bits per heavy atom. The largest absolute Gasteiger partial charge is 0.338 e. The molecule has 0 aliphatic heterocycles. The molecule has 2 N–H and O–H groups in total. The van der Waals surface area contributed by atoms with Crippen molar-refractivity contribution in [3.8, 4) is 0 Å². The summed E-state index contributed by atoms with van der Waals surface area (Å²) in [6.07, 6.45) is 0.844. The van der Waals surface area contributed by atoms with Crippen LogP contribution in [0.25, 0.3) is 0 Å². The van der Waals surface area contributed by atoms with Crippen molar-refractivity contribution >= 4 is 6.03 Å². The van der Waals surface area contributed by atoms with Crippen molar-refractivity contribution in [1.29, 1.82) is 0 Å². The molecule has 1 aromatic carbocycles. The Morgan fingerprint density at radius 1 is 1.38 bits per heavy atom. The quantitative estimate of drug-likeness (QED) is 0.800. The maximum absolute atomic E-state index is 11.2. The minimum atomic E-state index is -0.193. The third-order valence-corrected chi connectivity index (χ3v) is 2.27. The number of carbonyl (C=O) groups excluding carboxylic acids is 1. The van der Waals surface area contributed by atoms with Gasteiger partial charge in [-0.3, -0.25) is 0 Å². The first-order valence-electron chi connectivity index (χ1n) is 5.34. The number of allylic oxidation sites excluding steroid dienone is 1. The van der Waals surface area contributed by atoms with E-state index in [1.807, 2.05) is 12.1 Å². The van der Waals surface area contributed by atoms with Gasteiger partial charge < -0.3 is 10.6 Å². The highest BCUT2D eigenvalue weighted by Gasteiger charge is 2.00. The zero-order chi connectivity index (χ0) is 12.0. The Labute approximate surface area is 96.6 Å². The van der Waals surface area contributed by atoms with Crippen molar-refractivity contribution in [2.45, 2.75) is 20.3 Å². The second-order valence-electron chi connectivity index (χ2n) is 3.84. The Hall–Kier alpha value is -1.77. The number of amides is 2. The van der Waals surface area contributed by atoms with Crippen LogP contribution in [0.1, 0.15) is 18.1 Å². The summed E-state index contributed by atoms with van der Waals surface area (Å²) in [6.45, 7) is 8.06. The fourth-order valence-corrected chi connectivity index (χ4v) is 1.44. The fourth-order valence-electron chi connectivity index (χ4n) is 1.44. The third kappa shape index (κ3) is 4.17. The molecule has 1 aromatic rings. The van der Waals surface area contributed by atoms with Crippen LogP contribution in [-0.2, 0) is 6.42 Å². The maximum atomic E-state index is 11.2. The van der Waals surface area contributed by atoms with Gasteiger partial charge in [-0.1, -0.05) is 30.8 Å². The lowest BCUT2D eigenvalue weighted by Crippen LogP contribution is -2.35. The molecule has 0 saturated heterocycles. The highest BCUT2D eigenvalue weighted by Crippen LogP contribution is 2.06. The molecular formula is C13H18N2O. The van der Waals surface area contributed by atoms with Crippen LogP contribution in [0.5, 0.6) is 0 Å². The Balaban J connectivity index is 2.33. The van der Waals surface area contributed by atoms with Gasteiger partial charge in [-0.15, -0.1) is 0 Å². The summed E-state index contributed by atoms with van der Waals surface area (Å²) in [7, 11) is 0. The molecule has 86 valence electrons. The lowest BCUT2D eigenvalue weighted by atomic mass is 10.1.